The minimum absolute atomic E-state index is 0.188. The molecule has 0 atom stereocenters. The van der Waals surface area contributed by atoms with Crippen LogP contribution in [0.15, 0.2) is 42.7 Å². The number of fused-ring (bicyclic) bond motifs is 1. The maximum absolute atomic E-state index is 13.4. The van der Waals surface area contributed by atoms with Crippen LogP contribution in [0.3, 0.4) is 0 Å². The van der Waals surface area contributed by atoms with Gasteiger partial charge in [-0.15, -0.1) is 0 Å². The Hall–Kier alpha value is -2.20. The first-order valence-corrected chi connectivity index (χ1v) is 7.10. The molecule has 2 heterocycles. The predicted molar refractivity (Wildman–Crippen MR) is 82.6 cm³/mol. The average molecular weight is 283 g/mol. The summed E-state index contributed by atoms with van der Waals surface area (Å²) in [6.07, 6.45) is 4.47. The number of hydrogen-bond acceptors (Lipinski definition) is 2. The fourth-order valence-electron chi connectivity index (χ4n) is 2.62. The molecule has 0 saturated carbocycles. The number of hydrogen-bond donors (Lipinski definition) is 2. The highest BCUT2D eigenvalue weighted by molar-refractivity contribution is 5.84. The van der Waals surface area contributed by atoms with Gasteiger partial charge < -0.3 is 10.3 Å². The number of H-pyrrole nitrogens is 1. The van der Waals surface area contributed by atoms with Crippen molar-refractivity contribution in [3.63, 3.8) is 0 Å². The van der Waals surface area contributed by atoms with Crippen molar-refractivity contribution in [1.82, 2.24) is 15.3 Å². The molecule has 3 nitrogen and oxygen atoms in total. The molecule has 0 fully saturated rings. The number of aryl methyl sites for hydroxylation is 1. The molecule has 4 heteroatoms. The van der Waals surface area contributed by atoms with E-state index < -0.39 is 0 Å². The Morgan fingerprint density at radius 3 is 2.81 bits per heavy atom. The third-order valence-corrected chi connectivity index (χ3v) is 3.71. The van der Waals surface area contributed by atoms with Crippen molar-refractivity contribution >= 4 is 10.9 Å². The standard InChI is InChI=1S/C17H18FN3/c1-12-15(16-10-14(18)2-3-17(16)21-12)6-9-20-11-13-4-7-19-8-5-13/h2-5,7-8,10,20-21H,6,9,11H2,1H3. The van der Waals surface area contributed by atoms with Gasteiger partial charge in [-0.2, -0.15) is 0 Å². The molecular weight excluding hydrogens is 265 g/mol. The van der Waals surface area contributed by atoms with E-state index >= 15 is 0 Å². The molecule has 3 aromatic rings. The molecule has 0 unspecified atom stereocenters. The number of pyridine rings is 1. The van der Waals surface area contributed by atoms with Crippen LogP contribution in [0.4, 0.5) is 4.39 Å². The van der Waals surface area contributed by atoms with Crippen LogP contribution in [0.5, 0.6) is 0 Å². The van der Waals surface area contributed by atoms with Gasteiger partial charge in [0.2, 0.25) is 0 Å². The van der Waals surface area contributed by atoms with E-state index in [9.17, 15) is 4.39 Å². The maximum Gasteiger partial charge on any atom is 0.123 e. The van der Waals surface area contributed by atoms with E-state index in [0.717, 1.165) is 36.1 Å². The molecule has 0 amide bonds. The first-order chi connectivity index (χ1) is 10.2. The van der Waals surface area contributed by atoms with Crippen LogP contribution in [0.2, 0.25) is 0 Å². The molecule has 108 valence electrons. The molecule has 0 bridgehead atoms. The molecule has 0 radical (unpaired) electrons. The number of nitrogens with one attached hydrogen (secondary N) is 2. The van der Waals surface area contributed by atoms with Crippen molar-refractivity contribution in [3.8, 4) is 0 Å². The summed E-state index contributed by atoms with van der Waals surface area (Å²) in [4.78, 5) is 7.31. The van der Waals surface area contributed by atoms with Crippen molar-refractivity contribution in [3.05, 3.63) is 65.4 Å². The van der Waals surface area contributed by atoms with Gasteiger partial charge >= 0.3 is 0 Å². The smallest absolute Gasteiger partial charge is 0.123 e. The van der Waals surface area contributed by atoms with E-state index in [-0.39, 0.29) is 5.82 Å². The minimum atomic E-state index is -0.188. The lowest BCUT2D eigenvalue weighted by Crippen LogP contribution is -2.16. The number of aromatic amines is 1. The Morgan fingerprint density at radius 2 is 2.00 bits per heavy atom. The Bertz CT molecular complexity index is 734. The molecule has 1 aromatic carbocycles. The highest BCUT2D eigenvalue weighted by Crippen LogP contribution is 2.23. The predicted octanol–water partition coefficient (Wildman–Crippen LogP) is 3.34. The summed E-state index contributed by atoms with van der Waals surface area (Å²) in [6.45, 7) is 3.71. The monoisotopic (exact) mass is 283 g/mol. The lowest BCUT2D eigenvalue weighted by Gasteiger charge is -2.05. The Balaban J connectivity index is 1.65. The maximum atomic E-state index is 13.4. The molecule has 0 aliphatic heterocycles. The van der Waals surface area contributed by atoms with Crippen LogP contribution in [-0.2, 0) is 13.0 Å². The van der Waals surface area contributed by atoms with Gasteiger partial charge in [-0.05, 0) is 61.3 Å². The van der Waals surface area contributed by atoms with Crippen LogP contribution in [-0.4, -0.2) is 16.5 Å². The third kappa shape index (κ3) is 3.11. The van der Waals surface area contributed by atoms with Gasteiger partial charge in [-0.25, -0.2) is 4.39 Å². The van der Waals surface area contributed by atoms with Gasteiger partial charge in [0, 0.05) is 35.5 Å². The fraction of sp³-hybridized carbons (Fsp3) is 0.235. The van der Waals surface area contributed by atoms with Crippen molar-refractivity contribution in [2.24, 2.45) is 0 Å². The molecule has 2 N–H and O–H groups in total. The lowest BCUT2D eigenvalue weighted by atomic mass is 10.1. The molecule has 0 spiro atoms. The second-order valence-corrected chi connectivity index (χ2v) is 5.20. The zero-order valence-corrected chi connectivity index (χ0v) is 12.0. The zero-order chi connectivity index (χ0) is 14.7. The molecule has 0 aliphatic rings. The summed E-state index contributed by atoms with van der Waals surface area (Å²) in [7, 11) is 0. The van der Waals surface area contributed by atoms with Crippen molar-refractivity contribution in [1.29, 1.82) is 0 Å². The summed E-state index contributed by atoms with van der Waals surface area (Å²) < 4.78 is 13.4. The number of aromatic nitrogens is 2. The van der Waals surface area contributed by atoms with Crippen molar-refractivity contribution in [2.75, 3.05) is 6.54 Å². The first kappa shape index (κ1) is 13.8. The van der Waals surface area contributed by atoms with E-state index in [2.05, 4.69) is 15.3 Å². The SMILES string of the molecule is Cc1[nH]c2ccc(F)cc2c1CCNCc1ccncc1. The molecule has 2 aromatic heterocycles. The van der Waals surface area contributed by atoms with Gasteiger partial charge in [0.05, 0.1) is 0 Å². The van der Waals surface area contributed by atoms with Gasteiger partial charge in [-0.1, -0.05) is 0 Å². The molecule has 0 saturated heterocycles. The summed E-state index contributed by atoms with van der Waals surface area (Å²) >= 11 is 0. The highest BCUT2D eigenvalue weighted by Gasteiger charge is 2.08. The van der Waals surface area contributed by atoms with E-state index in [4.69, 9.17) is 0 Å². The molecule has 0 aliphatic carbocycles. The Kier molecular flexibility index (Phi) is 3.97. The van der Waals surface area contributed by atoms with E-state index in [1.165, 1.54) is 17.2 Å². The summed E-state index contributed by atoms with van der Waals surface area (Å²) in [5, 5.41) is 4.40. The van der Waals surface area contributed by atoms with Gasteiger partial charge in [-0.3, -0.25) is 4.98 Å². The van der Waals surface area contributed by atoms with E-state index in [0.29, 0.717) is 0 Å². The Labute approximate surface area is 123 Å². The largest absolute Gasteiger partial charge is 0.358 e. The summed E-state index contributed by atoms with van der Waals surface area (Å²) in [6, 6.07) is 8.89. The molecular formula is C17H18FN3. The van der Waals surface area contributed by atoms with Crippen LogP contribution < -0.4 is 5.32 Å². The van der Waals surface area contributed by atoms with Crippen LogP contribution in [0.25, 0.3) is 10.9 Å². The fourth-order valence-corrected chi connectivity index (χ4v) is 2.62. The van der Waals surface area contributed by atoms with Crippen LogP contribution in [0.1, 0.15) is 16.8 Å². The molecule has 3 rings (SSSR count). The first-order valence-electron chi connectivity index (χ1n) is 7.10. The van der Waals surface area contributed by atoms with E-state index in [1.807, 2.05) is 19.1 Å². The molecule has 21 heavy (non-hydrogen) atoms. The van der Waals surface area contributed by atoms with Crippen molar-refractivity contribution in [2.45, 2.75) is 19.9 Å². The second kappa shape index (κ2) is 6.06. The van der Waals surface area contributed by atoms with Gasteiger partial charge in [0.15, 0.2) is 0 Å². The lowest BCUT2D eigenvalue weighted by molar-refractivity contribution is 0.629. The van der Waals surface area contributed by atoms with E-state index in [1.54, 1.807) is 24.5 Å². The topological polar surface area (TPSA) is 40.7 Å². The van der Waals surface area contributed by atoms with Crippen LogP contribution in [0, 0.1) is 12.7 Å². The zero-order valence-electron chi connectivity index (χ0n) is 12.0. The second-order valence-electron chi connectivity index (χ2n) is 5.20. The highest BCUT2D eigenvalue weighted by atomic mass is 19.1. The summed E-state index contributed by atoms with van der Waals surface area (Å²) in [5.74, 6) is -0.188. The summed E-state index contributed by atoms with van der Waals surface area (Å²) in [5.41, 5.74) is 4.51. The van der Waals surface area contributed by atoms with Gasteiger partial charge in [0.25, 0.3) is 0 Å². The average Bonchev–Trinajstić information content (AvgIpc) is 2.80. The Morgan fingerprint density at radius 1 is 1.19 bits per heavy atom. The van der Waals surface area contributed by atoms with Gasteiger partial charge in [0.1, 0.15) is 5.82 Å². The number of rotatable bonds is 5. The quantitative estimate of drug-likeness (QED) is 0.705. The number of benzene rings is 1. The third-order valence-electron chi connectivity index (χ3n) is 3.71. The minimum Gasteiger partial charge on any atom is -0.358 e. The van der Waals surface area contributed by atoms with Crippen LogP contribution >= 0.6 is 0 Å². The number of halogens is 1. The van der Waals surface area contributed by atoms with Crippen molar-refractivity contribution < 1.29 is 4.39 Å². The number of nitrogens with zero attached hydrogens (tertiary/aromatic N) is 1. The normalized spacial score (nSPS) is 11.1.